The second-order valence-corrected chi connectivity index (χ2v) is 6.14. The minimum Gasteiger partial charge on any atom is -0.869 e. The summed E-state index contributed by atoms with van der Waals surface area (Å²) >= 11 is 6.79. The van der Waals surface area contributed by atoms with Crippen LogP contribution < -0.4 is 15.0 Å². The molecule has 0 saturated carbocycles. The zero-order valence-electron chi connectivity index (χ0n) is 10.6. The standard InChI is InChI=1S/C14H12N2OS2/c1-9-3-5-10(6-4-9)12(17)11-13(18)19-14-15(2)7-8-16(11)14/h3-8H,1-2H3. The fourth-order valence-electron chi connectivity index (χ4n) is 2.03. The lowest BCUT2D eigenvalue weighted by Gasteiger charge is -2.09. The number of nitrogens with zero attached hydrogens (tertiary/aromatic N) is 2. The highest BCUT2D eigenvalue weighted by Crippen LogP contribution is 2.11. The molecule has 0 aliphatic rings. The minimum atomic E-state index is -0.0209. The van der Waals surface area contributed by atoms with E-state index in [0.717, 1.165) is 10.5 Å². The Hall–Kier alpha value is -1.72. The van der Waals surface area contributed by atoms with Gasteiger partial charge in [0.15, 0.2) is 5.35 Å². The Kier molecular flexibility index (Phi) is 2.88. The quantitative estimate of drug-likeness (QED) is 0.496. The van der Waals surface area contributed by atoms with Crippen LogP contribution in [0.4, 0.5) is 0 Å². The van der Waals surface area contributed by atoms with E-state index in [1.807, 2.05) is 59.6 Å². The summed E-state index contributed by atoms with van der Waals surface area (Å²) in [5.41, 5.74) is 1.81. The van der Waals surface area contributed by atoms with Crippen LogP contribution >= 0.6 is 23.6 Å². The summed E-state index contributed by atoms with van der Waals surface area (Å²) in [4.78, 5) is 0.973. The maximum absolute atomic E-state index is 12.6. The van der Waals surface area contributed by atoms with E-state index in [9.17, 15) is 5.11 Å². The van der Waals surface area contributed by atoms with Crippen LogP contribution in [0.5, 0.6) is 0 Å². The lowest BCUT2D eigenvalue weighted by Crippen LogP contribution is -2.26. The predicted molar refractivity (Wildman–Crippen MR) is 76.2 cm³/mol. The largest absolute Gasteiger partial charge is 0.869 e. The van der Waals surface area contributed by atoms with Gasteiger partial charge in [0, 0.05) is 0 Å². The van der Waals surface area contributed by atoms with E-state index >= 15 is 0 Å². The molecule has 3 aromatic rings. The van der Waals surface area contributed by atoms with Gasteiger partial charge in [-0.15, -0.1) is 0 Å². The molecular weight excluding hydrogens is 276 g/mol. The molecule has 2 aromatic heterocycles. The zero-order valence-corrected chi connectivity index (χ0v) is 12.2. The van der Waals surface area contributed by atoms with Gasteiger partial charge in [-0.2, -0.15) is 4.40 Å². The van der Waals surface area contributed by atoms with Gasteiger partial charge in [-0.05, 0) is 29.6 Å². The first-order valence-electron chi connectivity index (χ1n) is 5.86. The van der Waals surface area contributed by atoms with Crippen molar-refractivity contribution in [3.05, 3.63) is 57.0 Å². The highest BCUT2D eigenvalue weighted by Gasteiger charge is 2.12. The van der Waals surface area contributed by atoms with Gasteiger partial charge in [0.2, 0.25) is 0 Å². The van der Waals surface area contributed by atoms with Crippen molar-refractivity contribution in [3.63, 3.8) is 0 Å². The zero-order chi connectivity index (χ0) is 13.6. The van der Waals surface area contributed by atoms with E-state index < -0.39 is 0 Å². The summed E-state index contributed by atoms with van der Waals surface area (Å²) in [5, 5.41) is 13.2. The van der Waals surface area contributed by atoms with Crippen molar-refractivity contribution >= 4 is 34.3 Å². The van der Waals surface area contributed by atoms with E-state index in [0.29, 0.717) is 14.7 Å². The van der Waals surface area contributed by atoms with Crippen LogP contribution in [-0.4, -0.2) is 4.40 Å². The number of fused-ring (bicyclic) bond motifs is 1. The Morgan fingerprint density at radius 3 is 2.68 bits per heavy atom. The molecule has 0 fully saturated rings. The first-order valence-corrected chi connectivity index (χ1v) is 7.08. The third kappa shape index (κ3) is 1.95. The average molecular weight is 288 g/mol. The molecule has 0 aliphatic heterocycles. The van der Waals surface area contributed by atoms with Crippen molar-refractivity contribution < 1.29 is 9.67 Å². The Morgan fingerprint density at radius 2 is 2.00 bits per heavy atom. The molecule has 5 heteroatoms. The molecule has 0 saturated heterocycles. The molecule has 3 nitrogen and oxygen atoms in total. The lowest BCUT2D eigenvalue weighted by atomic mass is 10.1. The first-order chi connectivity index (χ1) is 9.08. The number of benzene rings is 1. The van der Waals surface area contributed by atoms with Crippen molar-refractivity contribution in [3.8, 4) is 0 Å². The van der Waals surface area contributed by atoms with E-state index in [-0.39, 0.29) is 5.76 Å². The maximum Gasteiger partial charge on any atom is 0.347 e. The second kappa shape index (κ2) is 4.43. The predicted octanol–water partition coefficient (Wildman–Crippen LogP) is 1.10. The number of aryl methyl sites for hydroxylation is 2. The van der Waals surface area contributed by atoms with Crippen molar-refractivity contribution in [1.82, 2.24) is 4.40 Å². The maximum atomic E-state index is 12.6. The van der Waals surface area contributed by atoms with Crippen LogP contribution in [-0.2, 0) is 7.05 Å². The third-order valence-corrected chi connectivity index (χ3v) is 4.58. The van der Waals surface area contributed by atoms with Gasteiger partial charge in [-0.1, -0.05) is 42.0 Å². The normalized spacial score (nSPS) is 12.9. The topological polar surface area (TPSA) is 31.3 Å². The Bertz CT molecular complexity index is 859. The van der Waals surface area contributed by atoms with E-state index in [1.165, 1.54) is 11.3 Å². The molecule has 0 aliphatic carbocycles. The molecular formula is C14H12N2OS2. The van der Waals surface area contributed by atoms with Crippen LogP contribution in [0.1, 0.15) is 11.1 Å². The van der Waals surface area contributed by atoms with E-state index in [1.54, 1.807) is 0 Å². The molecule has 0 radical (unpaired) electrons. The first kappa shape index (κ1) is 12.3. The van der Waals surface area contributed by atoms with Crippen molar-refractivity contribution in [2.75, 3.05) is 0 Å². The van der Waals surface area contributed by atoms with Gasteiger partial charge in [-0.25, -0.2) is 4.57 Å². The lowest BCUT2D eigenvalue weighted by molar-refractivity contribution is -0.642. The highest BCUT2D eigenvalue weighted by atomic mass is 32.1. The van der Waals surface area contributed by atoms with Gasteiger partial charge in [0.1, 0.15) is 16.2 Å². The summed E-state index contributed by atoms with van der Waals surface area (Å²) in [5.74, 6) is -0.0209. The van der Waals surface area contributed by atoms with E-state index in [2.05, 4.69) is 0 Å². The number of thiazole rings is 1. The monoisotopic (exact) mass is 288 g/mol. The fourth-order valence-corrected chi connectivity index (χ4v) is 3.35. The van der Waals surface area contributed by atoms with Crippen LogP contribution in [0.3, 0.4) is 0 Å². The van der Waals surface area contributed by atoms with Gasteiger partial charge < -0.3 is 5.11 Å². The van der Waals surface area contributed by atoms with Crippen LogP contribution in [0.15, 0.2) is 36.7 Å². The van der Waals surface area contributed by atoms with Crippen molar-refractivity contribution in [2.45, 2.75) is 6.92 Å². The van der Waals surface area contributed by atoms with Gasteiger partial charge >= 0.3 is 4.96 Å². The van der Waals surface area contributed by atoms with Crippen LogP contribution in [0.2, 0.25) is 0 Å². The van der Waals surface area contributed by atoms with Gasteiger partial charge in [0.25, 0.3) is 0 Å². The van der Waals surface area contributed by atoms with Gasteiger partial charge in [-0.3, -0.25) is 0 Å². The molecule has 2 heterocycles. The van der Waals surface area contributed by atoms with E-state index in [4.69, 9.17) is 12.2 Å². The molecule has 0 atom stereocenters. The van der Waals surface area contributed by atoms with Crippen LogP contribution in [0, 0.1) is 10.7 Å². The number of imidazole rings is 1. The summed E-state index contributed by atoms with van der Waals surface area (Å²) in [6, 6.07) is 7.57. The smallest absolute Gasteiger partial charge is 0.347 e. The molecule has 0 unspecified atom stereocenters. The molecule has 0 amide bonds. The molecule has 0 bridgehead atoms. The van der Waals surface area contributed by atoms with Crippen molar-refractivity contribution in [2.24, 2.45) is 7.05 Å². The summed E-state index contributed by atoms with van der Waals surface area (Å²) in [6.07, 6.45) is 3.80. The summed E-state index contributed by atoms with van der Waals surface area (Å²) in [6.45, 7) is 2.00. The molecule has 3 rings (SSSR count). The molecule has 19 heavy (non-hydrogen) atoms. The van der Waals surface area contributed by atoms with Gasteiger partial charge in [0.05, 0.1) is 7.05 Å². The Labute approximate surface area is 119 Å². The summed E-state index contributed by atoms with van der Waals surface area (Å²) in [7, 11) is 1.95. The van der Waals surface area contributed by atoms with Crippen molar-refractivity contribution in [1.29, 1.82) is 0 Å². The number of hydrogen-bond donors (Lipinski definition) is 0. The number of hydrogen-bond acceptors (Lipinski definition) is 3. The SMILES string of the molecule is Cc1ccc(/C([O-])=c2\c(=S)sc3n2cc[n+]3C)cc1. The average Bonchev–Trinajstić information content (AvgIpc) is 2.89. The number of aromatic nitrogens is 2. The minimum absolute atomic E-state index is 0.0209. The number of rotatable bonds is 1. The van der Waals surface area contributed by atoms with Crippen LogP contribution in [0.25, 0.3) is 10.7 Å². The molecule has 1 aromatic carbocycles. The summed E-state index contributed by atoms with van der Waals surface area (Å²) < 4.78 is 4.47. The third-order valence-electron chi connectivity index (χ3n) is 3.09. The Balaban J connectivity index is 2.38. The molecule has 0 spiro atoms. The molecule has 0 N–H and O–H groups in total. The second-order valence-electron chi connectivity index (χ2n) is 4.49. The highest BCUT2D eigenvalue weighted by molar-refractivity contribution is 7.73. The fraction of sp³-hybridized carbons (Fsp3) is 0.143. The Morgan fingerprint density at radius 1 is 1.32 bits per heavy atom. The molecule has 96 valence electrons.